The maximum absolute atomic E-state index is 12.1. The Labute approximate surface area is 190 Å². The third-order valence-corrected chi connectivity index (χ3v) is 5.72. The van der Waals surface area contributed by atoms with Crippen LogP contribution in [0.5, 0.6) is 0 Å². The van der Waals surface area contributed by atoms with Gasteiger partial charge in [0, 0.05) is 24.7 Å². The van der Waals surface area contributed by atoms with E-state index in [0.29, 0.717) is 23.9 Å². The highest BCUT2D eigenvalue weighted by Gasteiger charge is 2.22. The van der Waals surface area contributed by atoms with Gasteiger partial charge in [-0.3, -0.25) is 9.59 Å². The minimum atomic E-state index is 0.0766. The summed E-state index contributed by atoms with van der Waals surface area (Å²) < 4.78 is 0. The third kappa shape index (κ3) is 9.63. The predicted octanol–water partition coefficient (Wildman–Crippen LogP) is 8.13. The molecule has 2 aromatic carbocycles. The normalized spacial score (nSPS) is 12.6. The number of carbonyl (C=O) groups is 2. The zero-order valence-electron chi connectivity index (χ0n) is 20.3. The molecule has 31 heavy (non-hydrogen) atoms. The first kappa shape index (κ1) is 26.8. The fourth-order valence-electron chi connectivity index (χ4n) is 3.97. The summed E-state index contributed by atoms with van der Waals surface area (Å²) >= 11 is 0. The molecule has 0 aliphatic carbocycles. The first-order valence-corrected chi connectivity index (χ1v) is 12.1. The lowest BCUT2D eigenvalue weighted by atomic mass is 9.83. The van der Waals surface area contributed by atoms with Crippen LogP contribution in [0.1, 0.15) is 103 Å². The van der Waals surface area contributed by atoms with Crippen molar-refractivity contribution in [1.29, 1.82) is 0 Å². The molecule has 170 valence electrons. The maximum Gasteiger partial charge on any atom is 0.140 e. The number of Topliss-reactive ketones (excluding diaryl/α,β-unsaturated/α-hetero) is 2. The van der Waals surface area contributed by atoms with Crippen LogP contribution >= 0.6 is 0 Å². The van der Waals surface area contributed by atoms with Gasteiger partial charge in [-0.2, -0.15) is 0 Å². The molecule has 0 aliphatic heterocycles. The number of unbranched alkanes of at least 4 members (excludes halogenated alkanes) is 2. The smallest absolute Gasteiger partial charge is 0.140 e. The highest BCUT2D eigenvalue weighted by atomic mass is 16.1. The van der Waals surface area contributed by atoms with Crippen molar-refractivity contribution in [2.75, 3.05) is 0 Å². The zero-order chi connectivity index (χ0) is 23.1. The Bertz CT molecular complexity index is 734. The molecule has 0 saturated carbocycles. The molecule has 0 saturated heterocycles. The Morgan fingerprint density at radius 3 is 1.55 bits per heavy atom. The molecule has 2 rings (SSSR count). The van der Waals surface area contributed by atoms with Crippen LogP contribution in [0.25, 0.3) is 0 Å². The quantitative estimate of drug-likeness (QED) is 0.346. The summed E-state index contributed by atoms with van der Waals surface area (Å²) in [5.74, 6) is 1.35. The zero-order valence-corrected chi connectivity index (χ0v) is 20.3. The van der Waals surface area contributed by atoms with E-state index >= 15 is 0 Å². The Morgan fingerprint density at radius 2 is 1.13 bits per heavy atom. The van der Waals surface area contributed by atoms with Gasteiger partial charge in [-0.15, -0.1) is 0 Å². The van der Waals surface area contributed by atoms with Crippen molar-refractivity contribution >= 4 is 11.6 Å². The molecule has 0 heterocycles. The third-order valence-electron chi connectivity index (χ3n) is 5.72. The molecule has 0 N–H and O–H groups in total. The fourth-order valence-corrected chi connectivity index (χ4v) is 3.97. The van der Waals surface area contributed by atoms with Crippen LogP contribution in [0.15, 0.2) is 60.7 Å². The van der Waals surface area contributed by atoms with Gasteiger partial charge in [0.05, 0.1) is 0 Å². The van der Waals surface area contributed by atoms with Crippen molar-refractivity contribution in [2.24, 2.45) is 5.92 Å². The van der Waals surface area contributed by atoms with Crippen LogP contribution in [0.3, 0.4) is 0 Å². The number of benzene rings is 2. The van der Waals surface area contributed by atoms with Crippen molar-refractivity contribution in [2.45, 2.75) is 91.4 Å². The molecule has 2 nitrogen and oxygen atoms in total. The molecule has 0 radical (unpaired) electrons. The molecule has 0 bridgehead atoms. The van der Waals surface area contributed by atoms with Crippen molar-refractivity contribution < 1.29 is 9.59 Å². The molecule has 2 heteroatoms. The summed E-state index contributed by atoms with van der Waals surface area (Å²) in [6, 6.07) is 20.3. The van der Waals surface area contributed by atoms with Gasteiger partial charge >= 0.3 is 0 Å². The second kappa shape index (κ2) is 15.6. The van der Waals surface area contributed by atoms with E-state index in [1.54, 1.807) is 0 Å². The van der Waals surface area contributed by atoms with Gasteiger partial charge in [0.25, 0.3) is 0 Å². The van der Waals surface area contributed by atoms with Gasteiger partial charge in [0.1, 0.15) is 11.6 Å². The number of rotatable bonds is 12. The van der Waals surface area contributed by atoms with E-state index in [-0.39, 0.29) is 11.8 Å². The lowest BCUT2D eigenvalue weighted by molar-refractivity contribution is -0.122. The highest BCUT2D eigenvalue weighted by Crippen LogP contribution is 2.27. The van der Waals surface area contributed by atoms with Crippen LogP contribution in [0, 0.1) is 5.92 Å². The van der Waals surface area contributed by atoms with E-state index in [0.717, 1.165) is 38.5 Å². The van der Waals surface area contributed by atoms with Gasteiger partial charge in [-0.05, 0) is 36.3 Å². The van der Waals surface area contributed by atoms with Crippen molar-refractivity contribution in [3.05, 3.63) is 71.8 Å². The van der Waals surface area contributed by atoms with Crippen LogP contribution in [0.4, 0.5) is 0 Å². The average molecular weight is 423 g/mol. The lowest BCUT2D eigenvalue weighted by Gasteiger charge is -2.20. The second-order valence-corrected chi connectivity index (χ2v) is 8.64. The highest BCUT2D eigenvalue weighted by molar-refractivity contribution is 5.86. The SMILES string of the molecule is CCCCC(=O)C(CC)c1ccccc1.CCCCC(=O)C(c1ccccc1)C(C)C. The second-order valence-electron chi connectivity index (χ2n) is 8.64. The number of hydrogen-bond acceptors (Lipinski definition) is 2. The lowest BCUT2D eigenvalue weighted by Crippen LogP contribution is -2.18. The Morgan fingerprint density at radius 1 is 0.677 bits per heavy atom. The Balaban J connectivity index is 0.000000311. The molecule has 2 unspecified atom stereocenters. The van der Waals surface area contributed by atoms with E-state index in [4.69, 9.17) is 0 Å². The molecule has 0 fully saturated rings. The van der Waals surface area contributed by atoms with E-state index < -0.39 is 0 Å². The first-order valence-electron chi connectivity index (χ1n) is 12.1. The number of carbonyl (C=O) groups excluding carboxylic acids is 2. The summed E-state index contributed by atoms with van der Waals surface area (Å²) in [5, 5.41) is 0. The van der Waals surface area contributed by atoms with E-state index in [1.807, 2.05) is 36.4 Å². The monoisotopic (exact) mass is 422 g/mol. The van der Waals surface area contributed by atoms with Crippen LogP contribution in [-0.2, 0) is 9.59 Å². The molecule has 2 atom stereocenters. The first-order chi connectivity index (χ1) is 15.0. The van der Waals surface area contributed by atoms with Crippen molar-refractivity contribution in [1.82, 2.24) is 0 Å². The minimum Gasteiger partial charge on any atom is -0.299 e. The van der Waals surface area contributed by atoms with E-state index in [9.17, 15) is 9.59 Å². The van der Waals surface area contributed by atoms with Crippen molar-refractivity contribution in [3.63, 3.8) is 0 Å². The summed E-state index contributed by atoms with van der Waals surface area (Å²) in [6.45, 7) is 10.6. The van der Waals surface area contributed by atoms with E-state index in [2.05, 4.69) is 58.9 Å². The Hall–Kier alpha value is -2.22. The van der Waals surface area contributed by atoms with E-state index in [1.165, 1.54) is 11.1 Å². The molecule has 0 aliphatic rings. The summed E-state index contributed by atoms with van der Waals surface area (Å²) in [7, 11) is 0. The van der Waals surface area contributed by atoms with Crippen molar-refractivity contribution in [3.8, 4) is 0 Å². The molecule has 0 spiro atoms. The van der Waals surface area contributed by atoms with Gasteiger partial charge < -0.3 is 0 Å². The van der Waals surface area contributed by atoms with Crippen LogP contribution in [-0.4, -0.2) is 11.6 Å². The predicted molar refractivity (Wildman–Crippen MR) is 133 cm³/mol. The molecule has 0 aromatic heterocycles. The van der Waals surface area contributed by atoms with Gasteiger partial charge in [0.2, 0.25) is 0 Å². The standard InChI is InChI=1S/C15H22O.C14H20O/c1-4-5-11-14(16)15(12(2)3)13-9-7-6-8-10-13;1-3-5-11-14(15)13(4-2)12-9-7-6-8-10-12/h6-10,12,15H,4-5,11H2,1-3H3;6-10,13H,3-5,11H2,1-2H3. The maximum atomic E-state index is 12.1. The summed E-state index contributed by atoms with van der Waals surface area (Å²) in [4.78, 5) is 24.1. The fraction of sp³-hybridized carbons (Fsp3) is 0.517. The molecular weight excluding hydrogens is 380 g/mol. The van der Waals surface area contributed by atoms with Crippen LogP contribution < -0.4 is 0 Å². The largest absolute Gasteiger partial charge is 0.299 e. The Kier molecular flexibility index (Phi) is 13.5. The summed E-state index contributed by atoms with van der Waals surface area (Å²) in [6.07, 6.45) is 6.56. The number of hydrogen-bond donors (Lipinski definition) is 0. The average Bonchev–Trinajstić information content (AvgIpc) is 2.78. The van der Waals surface area contributed by atoms with Gasteiger partial charge in [0.15, 0.2) is 0 Å². The molecule has 0 amide bonds. The number of ketones is 2. The van der Waals surface area contributed by atoms with Gasteiger partial charge in [-0.25, -0.2) is 0 Å². The topological polar surface area (TPSA) is 34.1 Å². The van der Waals surface area contributed by atoms with Crippen LogP contribution in [0.2, 0.25) is 0 Å². The molecule has 2 aromatic rings. The van der Waals surface area contributed by atoms with Gasteiger partial charge in [-0.1, -0.05) is 108 Å². The molecular formula is C29H42O2. The minimum absolute atomic E-state index is 0.0766. The summed E-state index contributed by atoms with van der Waals surface area (Å²) in [5.41, 5.74) is 2.33.